The molecule has 0 bridgehead atoms. The van der Waals surface area contributed by atoms with Crippen LogP contribution in [-0.2, 0) is 0 Å². The molecule has 0 radical (unpaired) electrons. The molecule has 1 aromatic rings. The van der Waals surface area contributed by atoms with Crippen LogP contribution in [0.3, 0.4) is 0 Å². The van der Waals surface area contributed by atoms with E-state index < -0.39 is 5.91 Å². The van der Waals surface area contributed by atoms with Crippen molar-refractivity contribution in [3.63, 3.8) is 0 Å². The monoisotopic (exact) mass is 243 g/mol. The summed E-state index contributed by atoms with van der Waals surface area (Å²) in [5, 5.41) is -0.0491. The van der Waals surface area contributed by atoms with Crippen LogP contribution in [0.4, 0.5) is 0 Å². The van der Waals surface area contributed by atoms with Gasteiger partial charge in [-0.1, -0.05) is 0 Å². The number of carbonyl (C=O) groups excluding carboxylic acids is 1. The summed E-state index contributed by atoms with van der Waals surface area (Å²) >= 11 is 3.24. The molecule has 1 unspecified atom stereocenters. The van der Waals surface area contributed by atoms with E-state index in [1.54, 1.807) is 24.3 Å². The van der Waals surface area contributed by atoms with Crippen molar-refractivity contribution in [1.29, 1.82) is 0 Å². The minimum Gasteiger partial charge on any atom is -0.480 e. The normalized spacial score (nSPS) is 12.2. The van der Waals surface area contributed by atoms with E-state index in [0.717, 1.165) is 0 Å². The lowest BCUT2D eigenvalue weighted by atomic mass is 10.2. The fourth-order valence-corrected chi connectivity index (χ4v) is 1.10. The largest absolute Gasteiger partial charge is 0.480 e. The zero-order valence-corrected chi connectivity index (χ0v) is 8.74. The molecule has 1 aromatic carbocycles. The molecule has 0 fully saturated rings. The van der Waals surface area contributed by atoms with Crippen LogP contribution in [-0.4, -0.2) is 10.9 Å². The Morgan fingerprint density at radius 1 is 1.46 bits per heavy atom. The molecule has 4 heteroatoms. The third-order valence-electron chi connectivity index (χ3n) is 1.44. The van der Waals surface area contributed by atoms with E-state index >= 15 is 0 Å². The lowest BCUT2D eigenvalue weighted by molar-refractivity contribution is 0.100. The highest BCUT2D eigenvalue weighted by molar-refractivity contribution is 9.09. The Labute approximate surface area is 85.0 Å². The Kier molecular flexibility index (Phi) is 3.31. The van der Waals surface area contributed by atoms with Crippen molar-refractivity contribution in [3.05, 3.63) is 29.8 Å². The van der Waals surface area contributed by atoms with Crippen LogP contribution in [0.1, 0.15) is 17.3 Å². The summed E-state index contributed by atoms with van der Waals surface area (Å²) in [6, 6.07) is 6.68. The van der Waals surface area contributed by atoms with Crippen molar-refractivity contribution >= 4 is 21.8 Å². The number of hydrogen-bond donors (Lipinski definition) is 1. The van der Waals surface area contributed by atoms with Crippen LogP contribution in [0, 0.1) is 0 Å². The summed E-state index contributed by atoms with van der Waals surface area (Å²) in [4.78, 5) is 10.7. The Balaban J connectivity index is 2.75. The van der Waals surface area contributed by atoms with Gasteiger partial charge < -0.3 is 10.5 Å². The number of rotatable bonds is 3. The molecule has 0 saturated carbocycles. The maximum Gasteiger partial charge on any atom is 0.248 e. The van der Waals surface area contributed by atoms with Gasteiger partial charge in [-0.05, 0) is 47.1 Å². The number of alkyl halides is 1. The Hall–Kier alpha value is -1.03. The minimum absolute atomic E-state index is 0.0491. The maximum absolute atomic E-state index is 10.7. The van der Waals surface area contributed by atoms with Crippen molar-refractivity contribution in [3.8, 4) is 5.75 Å². The molecule has 1 rings (SSSR count). The van der Waals surface area contributed by atoms with E-state index in [4.69, 9.17) is 10.5 Å². The SMILES string of the molecule is CC(Br)Oc1ccc(C(N)=O)cc1. The molecule has 0 heterocycles. The average molecular weight is 244 g/mol. The van der Waals surface area contributed by atoms with E-state index in [2.05, 4.69) is 15.9 Å². The lowest BCUT2D eigenvalue weighted by Crippen LogP contribution is -2.10. The van der Waals surface area contributed by atoms with Crippen LogP contribution < -0.4 is 10.5 Å². The van der Waals surface area contributed by atoms with E-state index in [9.17, 15) is 4.79 Å². The topological polar surface area (TPSA) is 52.3 Å². The number of ether oxygens (including phenoxy) is 1. The molecule has 0 aliphatic carbocycles. The summed E-state index contributed by atoms with van der Waals surface area (Å²) in [6.07, 6.45) is 0. The summed E-state index contributed by atoms with van der Waals surface area (Å²) in [6.45, 7) is 1.86. The molecule has 2 N–H and O–H groups in total. The first-order valence-corrected chi connectivity index (χ1v) is 4.72. The number of benzene rings is 1. The number of primary amides is 1. The second kappa shape index (κ2) is 4.28. The average Bonchev–Trinajstić information content (AvgIpc) is 2.04. The zero-order chi connectivity index (χ0) is 9.84. The smallest absolute Gasteiger partial charge is 0.248 e. The van der Waals surface area contributed by atoms with Gasteiger partial charge in [0, 0.05) is 5.56 Å². The quantitative estimate of drug-likeness (QED) is 0.825. The van der Waals surface area contributed by atoms with Gasteiger partial charge in [-0.3, -0.25) is 4.79 Å². The predicted molar refractivity (Wildman–Crippen MR) is 54.0 cm³/mol. The van der Waals surface area contributed by atoms with Gasteiger partial charge in [0.25, 0.3) is 0 Å². The van der Waals surface area contributed by atoms with Crippen LogP contribution >= 0.6 is 15.9 Å². The highest BCUT2D eigenvalue weighted by atomic mass is 79.9. The number of amides is 1. The van der Waals surface area contributed by atoms with Gasteiger partial charge in [-0.25, -0.2) is 0 Å². The van der Waals surface area contributed by atoms with Crippen molar-refractivity contribution in [2.24, 2.45) is 5.73 Å². The van der Waals surface area contributed by atoms with Gasteiger partial charge >= 0.3 is 0 Å². The van der Waals surface area contributed by atoms with Crippen molar-refractivity contribution in [2.45, 2.75) is 11.9 Å². The van der Waals surface area contributed by atoms with Gasteiger partial charge in [0.2, 0.25) is 5.91 Å². The standard InChI is InChI=1S/C9H10BrNO2/c1-6(10)13-8-4-2-7(3-5-8)9(11)12/h2-6H,1H3,(H2,11,12). The summed E-state index contributed by atoms with van der Waals surface area (Å²) in [5.74, 6) is 0.271. The molecule has 0 aliphatic heterocycles. The first-order chi connectivity index (χ1) is 6.09. The molecule has 3 nitrogen and oxygen atoms in total. The molecule has 0 spiro atoms. The zero-order valence-electron chi connectivity index (χ0n) is 7.16. The van der Waals surface area contributed by atoms with Gasteiger partial charge in [-0.2, -0.15) is 0 Å². The van der Waals surface area contributed by atoms with Gasteiger partial charge in [0.1, 0.15) is 5.75 Å². The van der Waals surface area contributed by atoms with Crippen LogP contribution in [0.2, 0.25) is 0 Å². The highest BCUT2D eigenvalue weighted by Crippen LogP contribution is 2.15. The Morgan fingerprint density at radius 3 is 2.38 bits per heavy atom. The van der Waals surface area contributed by atoms with Crippen LogP contribution in [0.15, 0.2) is 24.3 Å². The molecule has 0 saturated heterocycles. The molecule has 70 valence electrons. The summed E-state index contributed by atoms with van der Waals surface area (Å²) in [5.41, 5.74) is 5.56. The van der Waals surface area contributed by atoms with Crippen LogP contribution in [0.5, 0.6) is 5.75 Å². The van der Waals surface area contributed by atoms with Crippen LogP contribution in [0.25, 0.3) is 0 Å². The van der Waals surface area contributed by atoms with E-state index in [1.807, 2.05) is 6.92 Å². The first kappa shape index (κ1) is 10.1. The molecule has 13 heavy (non-hydrogen) atoms. The fraction of sp³-hybridized carbons (Fsp3) is 0.222. The Morgan fingerprint density at radius 2 is 2.00 bits per heavy atom. The number of carbonyl (C=O) groups is 1. The summed E-state index contributed by atoms with van der Waals surface area (Å²) in [7, 11) is 0. The number of halogens is 1. The minimum atomic E-state index is -0.432. The first-order valence-electron chi connectivity index (χ1n) is 3.80. The molecular weight excluding hydrogens is 234 g/mol. The summed E-state index contributed by atoms with van der Waals surface area (Å²) < 4.78 is 5.31. The van der Waals surface area contributed by atoms with Gasteiger partial charge in [-0.15, -0.1) is 0 Å². The second-order valence-electron chi connectivity index (χ2n) is 2.55. The highest BCUT2D eigenvalue weighted by Gasteiger charge is 2.01. The molecule has 0 aliphatic rings. The van der Waals surface area contributed by atoms with E-state index in [-0.39, 0.29) is 5.01 Å². The van der Waals surface area contributed by atoms with E-state index in [1.165, 1.54) is 0 Å². The van der Waals surface area contributed by atoms with Crippen molar-refractivity contribution in [1.82, 2.24) is 0 Å². The third-order valence-corrected chi connectivity index (χ3v) is 1.62. The maximum atomic E-state index is 10.7. The van der Waals surface area contributed by atoms with Gasteiger partial charge in [0.05, 0.1) is 0 Å². The van der Waals surface area contributed by atoms with E-state index in [0.29, 0.717) is 11.3 Å². The molecule has 0 aromatic heterocycles. The second-order valence-corrected chi connectivity index (χ2v) is 3.84. The van der Waals surface area contributed by atoms with Gasteiger partial charge in [0.15, 0.2) is 5.01 Å². The number of nitrogens with two attached hydrogens (primary N) is 1. The molecular formula is C9H10BrNO2. The number of hydrogen-bond acceptors (Lipinski definition) is 2. The Bertz CT molecular complexity index is 295. The fourth-order valence-electron chi connectivity index (χ4n) is 0.885. The van der Waals surface area contributed by atoms with Crippen molar-refractivity contribution in [2.75, 3.05) is 0 Å². The van der Waals surface area contributed by atoms with Crippen molar-refractivity contribution < 1.29 is 9.53 Å². The third kappa shape index (κ3) is 3.06. The lowest BCUT2D eigenvalue weighted by Gasteiger charge is -2.07. The molecule has 1 atom stereocenters. The predicted octanol–water partition coefficient (Wildman–Crippen LogP) is 1.91. The molecule has 1 amide bonds.